The number of aromatic nitrogens is 1. The number of benzene rings is 1. The molecule has 2 saturated heterocycles. The van der Waals surface area contributed by atoms with E-state index in [4.69, 9.17) is 4.52 Å². The number of hydrogen-bond acceptors (Lipinski definition) is 5. The number of hydrogen-bond donors (Lipinski definition) is 0. The van der Waals surface area contributed by atoms with Gasteiger partial charge in [-0.1, -0.05) is 5.16 Å². The van der Waals surface area contributed by atoms with Gasteiger partial charge in [0.25, 0.3) is 0 Å². The van der Waals surface area contributed by atoms with Crippen molar-refractivity contribution in [2.24, 2.45) is 5.41 Å². The lowest BCUT2D eigenvalue weighted by Crippen LogP contribution is -2.44. The van der Waals surface area contributed by atoms with E-state index < -0.39 is 21.8 Å². The van der Waals surface area contributed by atoms with Crippen molar-refractivity contribution in [3.05, 3.63) is 41.3 Å². The van der Waals surface area contributed by atoms with Crippen molar-refractivity contribution in [1.29, 1.82) is 0 Å². The second-order valence-corrected chi connectivity index (χ2v) is 10.1. The Morgan fingerprint density at radius 1 is 1.03 bits per heavy atom. The molecule has 6 nitrogen and oxygen atoms in total. The summed E-state index contributed by atoms with van der Waals surface area (Å²) >= 11 is 0. The third-order valence-corrected chi connectivity index (χ3v) is 8.49. The molecule has 0 bridgehead atoms. The Kier molecular flexibility index (Phi) is 5.13. The number of rotatable bonds is 3. The summed E-state index contributed by atoms with van der Waals surface area (Å²) in [4.78, 5) is 2.25. The number of nitrogens with zero attached hydrogens (tertiary/aromatic N) is 3. The first kappa shape index (κ1) is 21.2. The number of alkyl halides is 3. The van der Waals surface area contributed by atoms with E-state index in [1.54, 1.807) is 13.8 Å². The number of halogens is 3. The standard InChI is InChI=1S/C20H24F3N3O3S/c1-14-18(15(2)29-24-14)30(27,28)26-11-8-19(9-12-26)7-10-25(13-19)17-5-3-16(4-6-17)20(21,22)23/h3-6H,7-13H2,1-2H3. The van der Waals surface area contributed by atoms with E-state index in [-0.39, 0.29) is 10.3 Å². The van der Waals surface area contributed by atoms with E-state index in [2.05, 4.69) is 10.1 Å². The van der Waals surface area contributed by atoms with Crippen molar-refractivity contribution < 1.29 is 26.1 Å². The second-order valence-electron chi connectivity index (χ2n) is 8.27. The van der Waals surface area contributed by atoms with Crippen LogP contribution in [0.25, 0.3) is 0 Å². The minimum absolute atomic E-state index is 0.0204. The molecule has 30 heavy (non-hydrogen) atoms. The predicted octanol–water partition coefficient (Wildman–Crippen LogP) is 3.99. The summed E-state index contributed by atoms with van der Waals surface area (Å²) in [5.41, 5.74) is 0.457. The van der Waals surface area contributed by atoms with Crippen LogP contribution in [0.5, 0.6) is 0 Å². The first-order valence-corrected chi connectivity index (χ1v) is 11.3. The molecule has 164 valence electrons. The summed E-state index contributed by atoms with van der Waals surface area (Å²) in [6.07, 6.45) is -2.02. The van der Waals surface area contributed by atoms with Crippen LogP contribution < -0.4 is 4.90 Å². The van der Waals surface area contributed by atoms with Gasteiger partial charge in [-0.3, -0.25) is 0 Å². The van der Waals surface area contributed by atoms with Crippen LogP contribution in [0.15, 0.2) is 33.7 Å². The second kappa shape index (κ2) is 7.26. The van der Waals surface area contributed by atoms with Crippen LogP contribution in [0.1, 0.15) is 36.3 Å². The third kappa shape index (κ3) is 3.71. The maximum Gasteiger partial charge on any atom is 0.416 e. The van der Waals surface area contributed by atoms with Crippen molar-refractivity contribution in [3.8, 4) is 0 Å². The number of anilines is 1. The van der Waals surface area contributed by atoms with Gasteiger partial charge in [-0.05, 0) is 62.8 Å². The smallest absolute Gasteiger partial charge is 0.371 e. The molecule has 0 aliphatic carbocycles. The van der Waals surface area contributed by atoms with E-state index in [1.165, 1.54) is 16.4 Å². The lowest BCUT2D eigenvalue weighted by Gasteiger charge is -2.38. The van der Waals surface area contributed by atoms with Crippen LogP contribution in [-0.2, 0) is 16.2 Å². The molecule has 0 radical (unpaired) electrons. The highest BCUT2D eigenvalue weighted by atomic mass is 32.2. The molecule has 2 fully saturated rings. The first-order valence-electron chi connectivity index (χ1n) is 9.87. The van der Waals surface area contributed by atoms with Crippen LogP contribution in [-0.4, -0.2) is 44.1 Å². The molecule has 1 aromatic heterocycles. The molecule has 0 unspecified atom stereocenters. The van der Waals surface area contributed by atoms with E-state index in [9.17, 15) is 21.6 Å². The van der Waals surface area contributed by atoms with Crippen molar-refractivity contribution in [1.82, 2.24) is 9.46 Å². The number of sulfonamides is 1. The van der Waals surface area contributed by atoms with Crippen molar-refractivity contribution in [2.45, 2.75) is 44.2 Å². The molecule has 0 amide bonds. The molecule has 2 aliphatic rings. The van der Waals surface area contributed by atoms with Crippen molar-refractivity contribution in [2.75, 3.05) is 31.1 Å². The summed E-state index contributed by atoms with van der Waals surface area (Å²) < 4.78 is 70.9. The maximum absolute atomic E-state index is 13.0. The van der Waals surface area contributed by atoms with Gasteiger partial charge < -0.3 is 9.42 Å². The lowest BCUT2D eigenvalue weighted by atomic mass is 9.78. The highest BCUT2D eigenvalue weighted by Crippen LogP contribution is 2.43. The summed E-state index contributed by atoms with van der Waals surface area (Å²) in [5, 5.41) is 3.76. The minimum atomic E-state index is -4.34. The van der Waals surface area contributed by atoms with E-state index in [0.29, 0.717) is 37.4 Å². The van der Waals surface area contributed by atoms with Gasteiger partial charge in [0.2, 0.25) is 10.0 Å². The minimum Gasteiger partial charge on any atom is -0.371 e. The Morgan fingerprint density at radius 3 is 2.17 bits per heavy atom. The average Bonchev–Trinajstić information content (AvgIpc) is 3.25. The molecule has 0 atom stereocenters. The zero-order valence-corrected chi connectivity index (χ0v) is 17.7. The van der Waals surface area contributed by atoms with Gasteiger partial charge in [0.05, 0.1) is 5.56 Å². The van der Waals surface area contributed by atoms with Crippen molar-refractivity contribution in [3.63, 3.8) is 0 Å². The zero-order chi connectivity index (χ0) is 21.7. The monoisotopic (exact) mass is 443 g/mol. The summed E-state index contributed by atoms with van der Waals surface area (Å²) in [6, 6.07) is 5.25. The molecule has 3 heterocycles. The van der Waals surface area contributed by atoms with Crippen LogP contribution >= 0.6 is 0 Å². The predicted molar refractivity (Wildman–Crippen MR) is 105 cm³/mol. The van der Waals surface area contributed by atoms with E-state index >= 15 is 0 Å². The highest BCUT2D eigenvalue weighted by Gasteiger charge is 2.44. The Balaban J connectivity index is 1.43. The first-order chi connectivity index (χ1) is 14.0. The Hall–Kier alpha value is -2.07. The summed E-state index contributed by atoms with van der Waals surface area (Å²) in [7, 11) is -3.65. The quantitative estimate of drug-likeness (QED) is 0.718. The van der Waals surface area contributed by atoms with Crippen LogP contribution in [0.4, 0.5) is 18.9 Å². The number of aryl methyl sites for hydroxylation is 2. The topological polar surface area (TPSA) is 66.7 Å². The van der Waals surface area contributed by atoms with Gasteiger partial charge in [0, 0.05) is 31.9 Å². The Morgan fingerprint density at radius 2 is 1.63 bits per heavy atom. The van der Waals surface area contributed by atoms with Gasteiger partial charge in [-0.15, -0.1) is 0 Å². The molecule has 1 spiro atoms. The van der Waals surface area contributed by atoms with Gasteiger partial charge >= 0.3 is 6.18 Å². The van der Waals surface area contributed by atoms with Crippen LogP contribution in [0.3, 0.4) is 0 Å². The normalized spacial score (nSPS) is 20.2. The fourth-order valence-corrected chi connectivity index (χ4v) is 6.33. The SMILES string of the molecule is Cc1noc(C)c1S(=O)(=O)N1CCC2(CCN(c3ccc(C(F)(F)F)cc3)C2)CC1. The molecular weight excluding hydrogens is 419 g/mol. The summed E-state index contributed by atoms with van der Waals surface area (Å²) in [5.74, 6) is 0.294. The van der Waals surface area contributed by atoms with Crippen LogP contribution in [0, 0.1) is 19.3 Å². The summed E-state index contributed by atoms with van der Waals surface area (Å²) in [6.45, 7) is 5.50. The van der Waals surface area contributed by atoms with Gasteiger partial charge in [0.1, 0.15) is 10.6 Å². The molecule has 4 rings (SSSR count). The molecule has 0 saturated carbocycles. The van der Waals surface area contributed by atoms with Crippen LogP contribution in [0.2, 0.25) is 0 Å². The van der Waals surface area contributed by atoms with Gasteiger partial charge in [-0.2, -0.15) is 17.5 Å². The fourth-order valence-electron chi connectivity index (χ4n) is 4.60. The van der Waals surface area contributed by atoms with E-state index in [0.717, 1.165) is 37.3 Å². The fraction of sp³-hybridized carbons (Fsp3) is 0.550. The van der Waals surface area contributed by atoms with E-state index in [1.807, 2.05) is 0 Å². The lowest BCUT2D eigenvalue weighted by molar-refractivity contribution is -0.137. The molecule has 10 heteroatoms. The molecule has 2 aromatic rings. The highest BCUT2D eigenvalue weighted by molar-refractivity contribution is 7.89. The molecule has 0 N–H and O–H groups in total. The molecule has 1 aromatic carbocycles. The Bertz CT molecular complexity index is 1000. The van der Waals surface area contributed by atoms with Crippen molar-refractivity contribution >= 4 is 15.7 Å². The largest absolute Gasteiger partial charge is 0.416 e. The third-order valence-electron chi connectivity index (χ3n) is 6.35. The zero-order valence-electron chi connectivity index (χ0n) is 16.9. The number of piperidine rings is 1. The molecular formula is C20H24F3N3O3S. The molecule has 2 aliphatic heterocycles. The average molecular weight is 443 g/mol. The van der Waals surface area contributed by atoms with Gasteiger partial charge in [0.15, 0.2) is 5.76 Å². The Labute approximate surface area is 173 Å². The van der Waals surface area contributed by atoms with Gasteiger partial charge in [-0.25, -0.2) is 8.42 Å². The maximum atomic E-state index is 13.0.